The van der Waals surface area contributed by atoms with E-state index < -0.39 is 0 Å². The van der Waals surface area contributed by atoms with Crippen LogP contribution in [0.4, 0.5) is 0 Å². The molecule has 0 fully saturated rings. The summed E-state index contributed by atoms with van der Waals surface area (Å²) in [4.78, 5) is 11.0. The molecule has 1 aromatic carbocycles. The quantitative estimate of drug-likeness (QED) is 0.608. The van der Waals surface area contributed by atoms with Crippen LogP contribution in [0.3, 0.4) is 0 Å². The molecule has 1 unspecified atom stereocenters. The van der Waals surface area contributed by atoms with E-state index in [2.05, 4.69) is 12.6 Å². The number of carbonyl (C=O) groups excluding carboxylic acids is 1. The van der Waals surface area contributed by atoms with Gasteiger partial charge in [0.1, 0.15) is 0 Å². The summed E-state index contributed by atoms with van der Waals surface area (Å²) >= 11 is 3.98. The monoisotopic (exact) mass is 210 g/mol. The first-order chi connectivity index (χ1) is 6.70. The van der Waals surface area contributed by atoms with Gasteiger partial charge in [0.05, 0.1) is 11.9 Å². The number of hydrogen-bond acceptors (Lipinski definition) is 3. The lowest BCUT2D eigenvalue weighted by atomic mass is 10.2. The third kappa shape index (κ3) is 3.83. The molecule has 0 saturated heterocycles. The molecule has 1 rings (SSSR count). The van der Waals surface area contributed by atoms with Crippen molar-refractivity contribution in [1.82, 2.24) is 0 Å². The van der Waals surface area contributed by atoms with E-state index in [4.69, 9.17) is 4.74 Å². The van der Waals surface area contributed by atoms with Crippen LogP contribution in [0, 0.1) is 0 Å². The van der Waals surface area contributed by atoms with E-state index in [-0.39, 0.29) is 11.2 Å². The highest BCUT2D eigenvalue weighted by Crippen LogP contribution is 2.01. The molecule has 0 N–H and O–H groups in total. The molecule has 0 aromatic heterocycles. The van der Waals surface area contributed by atoms with Gasteiger partial charge in [0, 0.05) is 6.42 Å². The van der Waals surface area contributed by atoms with Gasteiger partial charge in [-0.2, -0.15) is 12.6 Å². The molecule has 0 saturated carbocycles. The maximum atomic E-state index is 11.0. The number of rotatable bonds is 4. The fourth-order valence-corrected chi connectivity index (χ4v) is 1.11. The van der Waals surface area contributed by atoms with Crippen LogP contribution < -0.4 is 0 Å². The Morgan fingerprint density at radius 2 is 2.07 bits per heavy atom. The van der Waals surface area contributed by atoms with Crippen molar-refractivity contribution in [2.75, 3.05) is 6.61 Å². The first-order valence-corrected chi connectivity index (χ1v) is 5.10. The normalized spacial score (nSPS) is 12.1. The first-order valence-electron chi connectivity index (χ1n) is 4.59. The highest BCUT2D eigenvalue weighted by atomic mass is 32.1. The zero-order chi connectivity index (χ0) is 10.4. The molecule has 0 spiro atoms. The minimum absolute atomic E-state index is 0.260. The van der Waals surface area contributed by atoms with Crippen molar-refractivity contribution in [3.63, 3.8) is 0 Å². The van der Waals surface area contributed by atoms with E-state index in [9.17, 15) is 4.79 Å². The minimum Gasteiger partial charge on any atom is -0.465 e. The van der Waals surface area contributed by atoms with E-state index in [1.165, 1.54) is 5.56 Å². The van der Waals surface area contributed by atoms with Crippen molar-refractivity contribution in [3.8, 4) is 0 Å². The number of ether oxygens (including phenoxy) is 1. The number of carbonyl (C=O) groups is 1. The van der Waals surface area contributed by atoms with Gasteiger partial charge in [0.2, 0.25) is 0 Å². The molecule has 0 bridgehead atoms. The summed E-state index contributed by atoms with van der Waals surface area (Å²) in [6, 6.07) is 9.93. The predicted octanol–water partition coefficient (Wildman–Crippen LogP) is 2.09. The Kier molecular flexibility index (Phi) is 4.53. The van der Waals surface area contributed by atoms with Crippen molar-refractivity contribution in [2.45, 2.75) is 18.6 Å². The Bertz CT molecular complexity index is 283. The van der Waals surface area contributed by atoms with Crippen molar-refractivity contribution in [3.05, 3.63) is 35.9 Å². The molecule has 3 heteroatoms. The topological polar surface area (TPSA) is 26.3 Å². The zero-order valence-electron chi connectivity index (χ0n) is 8.14. The van der Waals surface area contributed by atoms with E-state index in [0.29, 0.717) is 6.61 Å². The summed E-state index contributed by atoms with van der Waals surface area (Å²) in [6.07, 6.45) is 0.757. The van der Waals surface area contributed by atoms with Crippen LogP contribution >= 0.6 is 12.6 Å². The molecule has 1 aromatic rings. The van der Waals surface area contributed by atoms with Gasteiger partial charge in [0.15, 0.2) is 0 Å². The Balaban J connectivity index is 2.26. The molecule has 0 aliphatic rings. The SMILES string of the molecule is CC(S)C(=O)OCCc1ccccc1. The van der Waals surface area contributed by atoms with Crippen molar-refractivity contribution in [2.24, 2.45) is 0 Å². The van der Waals surface area contributed by atoms with Gasteiger partial charge in [-0.05, 0) is 12.5 Å². The highest BCUT2D eigenvalue weighted by Gasteiger charge is 2.08. The highest BCUT2D eigenvalue weighted by molar-refractivity contribution is 7.81. The molecule has 0 aliphatic carbocycles. The molecule has 76 valence electrons. The summed E-state index contributed by atoms with van der Waals surface area (Å²) in [5, 5.41) is -0.342. The Hall–Kier alpha value is -0.960. The van der Waals surface area contributed by atoms with E-state index in [1.807, 2.05) is 30.3 Å². The summed E-state index contributed by atoms with van der Waals surface area (Å²) < 4.78 is 4.99. The van der Waals surface area contributed by atoms with Gasteiger partial charge >= 0.3 is 5.97 Å². The average Bonchev–Trinajstić information content (AvgIpc) is 2.19. The number of thiol groups is 1. The smallest absolute Gasteiger partial charge is 0.318 e. The second-order valence-corrected chi connectivity index (χ2v) is 3.85. The lowest BCUT2D eigenvalue weighted by Crippen LogP contribution is -2.16. The number of benzene rings is 1. The third-order valence-electron chi connectivity index (χ3n) is 1.82. The molecule has 0 aliphatic heterocycles. The van der Waals surface area contributed by atoms with Gasteiger partial charge in [-0.3, -0.25) is 4.79 Å². The Morgan fingerprint density at radius 3 is 2.64 bits per heavy atom. The molecule has 2 nitrogen and oxygen atoms in total. The largest absolute Gasteiger partial charge is 0.465 e. The maximum absolute atomic E-state index is 11.0. The van der Waals surface area contributed by atoms with Crippen molar-refractivity contribution < 1.29 is 9.53 Å². The molecular weight excluding hydrogens is 196 g/mol. The van der Waals surface area contributed by atoms with Gasteiger partial charge in [-0.1, -0.05) is 30.3 Å². The molecule has 0 heterocycles. The maximum Gasteiger partial charge on any atom is 0.318 e. The Morgan fingerprint density at radius 1 is 1.43 bits per heavy atom. The number of hydrogen-bond donors (Lipinski definition) is 1. The summed E-state index contributed by atoms with van der Waals surface area (Å²) in [7, 11) is 0. The third-order valence-corrected chi connectivity index (χ3v) is 2.03. The van der Waals surface area contributed by atoms with Gasteiger partial charge in [0.25, 0.3) is 0 Å². The van der Waals surface area contributed by atoms with Crippen LogP contribution in [0.25, 0.3) is 0 Å². The van der Waals surface area contributed by atoms with E-state index in [0.717, 1.165) is 6.42 Å². The van der Waals surface area contributed by atoms with Crippen LogP contribution in [0.2, 0.25) is 0 Å². The van der Waals surface area contributed by atoms with Gasteiger partial charge in [-0.15, -0.1) is 0 Å². The molecule has 0 amide bonds. The summed E-state index contributed by atoms with van der Waals surface area (Å²) in [5.41, 5.74) is 1.17. The number of esters is 1. The van der Waals surface area contributed by atoms with Crippen LogP contribution in [0.5, 0.6) is 0 Å². The average molecular weight is 210 g/mol. The molecule has 1 atom stereocenters. The summed E-state index contributed by atoms with van der Waals surface area (Å²) in [6.45, 7) is 2.13. The van der Waals surface area contributed by atoms with E-state index in [1.54, 1.807) is 6.92 Å². The Labute approximate surface area is 89.7 Å². The fraction of sp³-hybridized carbons (Fsp3) is 0.364. The predicted molar refractivity (Wildman–Crippen MR) is 59.6 cm³/mol. The van der Waals surface area contributed by atoms with E-state index >= 15 is 0 Å². The lowest BCUT2D eigenvalue weighted by molar-refractivity contribution is -0.142. The molecular formula is C11H14O2S. The van der Waals surface area contributed by atoms with Crippen LogP contribution in [-0.4, -0.2) is 17.8 Å². The van der Waals surface area contributed by atoms with Crippen molar-refractivity contribution in [1.29, 1.82) is 0 Å². The second-order valence-electron chi connectivity index (χ2n) is 3.08. The summed E-state index contributed by atoms with van der Waals surface area (Å²) in [5.74, 6) is -0.260. The van der Waals surface area contributed by atoms with Crippen LogP contribution in [0.1, 0.15) is 12.5 Å². The first kappa shape index (κ1) is 11.1. The van der Waals surface area contributed by atoms with Gasteiger partial charge < -0.3 is 4.74 Å². The minimum atomic E-state index is -0.342. The standard InChI is InChI=1S/C11H14O2S/c1-9(14)11(12)13-8-7-10-5-3-2-4-6-10/h2-6,9,14H,7-8H2,1H3. The fourth-order valence-electron chi connectivity index (χ4n) is 1.03. The van der Waals surface area contributed by atoms with Crippen LogP contribution in [0.15, 0.2) is 30.3 Å². The lowest BCUT2D eigenvalue weighted by Gasteiger charge is -2.06. The van der Waals surface area contributed by atoms with Gasteiger partial charge in [-0.25, -0.2) is 0 Å². The zero-order valence-corrected chi connectivity index (χ0v) is 9.04. The van der Waals surface area contributed by atoms with Crippen LogP contribution in [-0.2, 0) is 16.0 Å². The molecule has 0 radical (unpaired) electrons. The van der Waals surface area contributed by atoms with Crippen molar-refractivity contribution >= 4 is 18.6 Å². The second kappa shape index (κ2) is 5.70. The molecule has 14 heavy (non-hydrogen) atoms.